The van der Waals surface area contributed by atoms with Crippen LogP contribution in [0.5, 0.6) is 0 Å². The summed E-state index contributed by atoms with van der Waals surface area (Å²) in [5.74, 6) is -0.843. The van der Waals surface area contributed by atoms with Crippen LogP contribution in [0.2, 0.25) is 19.1 Å². The zero-order valence-corrected chi connectivity index (χ0v) is 13.2. The van der Waals surface area contributed by atoms with Crippen LogP contribution in [0.4, 0.5) is 5.69 Å². The molecule has 0 aromatic heterocycles. The van der Waals surface area contributed by atoms with E-state index < -0.39 is 14.0 Å². The SMILES string of the molecule is CCCCCC[Si](C)(C)c1cc(N)ccc1C(=O)O. The second-order valence-electron chi connectivity index (χ2n) is 5.80. The molecule has 0 spiro atoms. The van der Waals surface area contributed by atoms with Gasteiger partial charge in [0.15, 0.2) is 0 Å². The van der Waals surface area contributed by atoms with Crippen LogP contribution in [0.25, 0.3) is 0 Å². The number of nitrogen functional groups attached to an aromatic ring is 1. The molecule has 1 aromatic carbocycles. The first kappa shape index (κ1) is 15.8. The summed E-state index contributed by atoms with van der Waals surface area (Å²) in [5, 5.41) is 10.3. The molecule has 1 rings (SSSR count). The van der Waals surface area contributed by atoms with Crippen molar-refractivity contribution in [1.29, 1.82) is 0 Å². The third kappa shape index (κ3) is 4.38. The minimum absolute atomic E-state index is 0.432. The maximum absolute atomic E-state index is 11.3. The molecule has 0 bridgehead atoms. The molecule has 0 fully saturated rings. The lowest BCUT2D eigenvalue weighted by Crippen LogP contribution is -2.44. The fraction of sp³-hybridized carbons (Fsp3) is 0.533. The van der Waals surface area contributed by atoms with Gasteiger partial charge in [0.1, 0.15) is 0 Å². The average Bonchev–Trinajstić information content (AvgIpc) is 2.34. The lowest BCUT2D eigenvalue weighted by Gasteiger charge is -2.25. The molecule has 0 aliphatic heterocycles. The standard InChI is InChI=1S/C15H25NO2Si/c1-4-5-6-7-10-19(2,3)14-11-12(16)8-9-13(14)15(17)18/h8-9,11H,4-7,10,16H2,1-3H3,(H,17,18). The van der Waals surface area contributed by atoms with E-state index in [1.807, 2.05) is 6.07 Å². The number of hydrogen-bond donors (Lipinski definition) is 2. The molecular weight excluding hydrogens is 254 g/mol. The van der Waals surface area contributed by atoms with Crippen molar-refractivity contribution in [3.05, 3.63) is 23.8 Å². The zero-order chi connectivity index (χ0) is 14.5. The molecule has 0 amide bonds. The molecule has 0 saturated heterocycles. The zero-order valence-electron chi connectivity index (χ0n) is 12.2. The average molecular weight is 279 g/mol. The Labute approximate surface area is 116 Å². The first-order valence-corrected chi connectivity index (χ1v) is 10.2. The second-order valence-corrected chi connectivity index (χ2v) is 10.6. The molecule has 0 aliphatic rings. The summed E-state index contributed by atoms with van der Waals surface area (Å²) in [6, 6.07) is 6.31. The summed E-state index contributed by atoms with van der Waals surface area (Å²) in [7, 11) is -1.73. The van der Waals surface area contributed by atoms with Gasteiger partial charge in [0.05, 0.1) is 13.6 Å². The molecule has 0 atom stereocenters. The highest BCUT2D eigenvalue weighted by atomic mass is 28.3. The van der Waals surface area contributed by atoms with Crippen LogP contribution < -0.4 is 10.9 Å². The molecule has 4 heteroatoms. The molecular formula is C15H25NO2Si. The maximum atomic E-state index is 11.3. The van der Waals surface area contributed by atoms with Crippen LogP contribution in [-0.2, 0) is 0 Å². The first-order valence-electron chi connectivity index (χ1n) is 7.02. The summed E-state index contributed by atoms with van der Waals surface area (Å²) >= 11 is 0. The Balaban J connectivity index is 2.92. The van der Waals surface area contributed by atoms with E-state index in [0.717, 1.165) is 11.2 Å². The van der Waals surface area contributed by atoms with Crippen molar-refractivity contribution in [1.82, 2.24) is 0 Å². The minimum atomic E-state index is -1.73. The van der Waals surface area contributed by atoms with E-state index in [-0.39, 0.29) is 0 Å². The predicted molar refractivity (Wildman–Crippen MR) is 83.9 cm³/mol. The molecule has 0 heterocycles. The van der Waals surface area contributed by atoms with Crippen LogP contribution in [0, 0.1) is 0 Å². The van der Waals surface area contributed by atoms with Gasteiger partial charge in [-0.2, -0.15) is 0 Å². The minimum Gasteiger partial charge on any atom is -0.478 e. The number of benzene rings is 1. The quantitative estimate of drug-likeness (QED) is 0.456. The van der Waals surface area contributed by atoms with E-state index in [2.05, 4.69) is 20.0 Å². The Bertz CT molecular complexity index is 444. The van der Waals surface area contributed by atoms with Gasteiger partial charge in [0, 0.05) is 5.69 Å². The third-order valence-electron chi connectivity index (χ3n) is 3.66. The maximum Gasteiger partial charge on any atom is 0.335 e. The molecule has 1 aromatic rings. The predicted octanol–water partition coefficient (Wildman–Crippen LogP) is 3.46. The monoisotopic (exact) mass is 279 g/mol. The highest BCUT2D eigenvalue weighted by Gasteiger charge is 2.27. The van der Waals surface area contributed by atoms with Gasteiger partial charge in [0.25, 0.3) is 0 Å². The summed E-state index contributed by atoms with van der Waals surface area (Å²) in [5.41, 5.74) is 6.92. The number of anilines is 1. The van der Waals surface area contributed by atoms with E-state index in [1.54, 1.807) is 12.1 Å². The largest absolute Gasteiger partial charge is 0.478 e. The van der Waals surface area contributed by atoms with E-state index >= 15 is 0 Å². The van der Waals surface area contributed by atoms with Crippen molar-refractivity contribution in [2.75, 3.05) is 5.73 Å². The van der Waals surface area contributed by atoms with Gasteiger partial charge < -0.3 is 10.8 Å². The lowest BCUT2D eigenvalue weighted by molar-refractivity contribution is 0.0698. The van der Waals surface area contributed by atoms with Gasteiger partial charge in [-0.1, -0.05) is 51.7 Å². The van der Waals surface area contributed by atoms with E-state index in [4.69, 9.17) is 5.73 Å². The van der Waals surface area contributed by atoms with Gasteiger partial charge in [-0.3, -0.25) is 0 Å². The molecule has 3 nitrogen and oxygen atoms in total. The fourth-order valence-electron chi connectivity index (χ4n) is 2.44. The summed E-state index contributed by atoms with van der Waals surface area (Å²) < 4.78 is 0. The van der Waals surface area contributed by atoms with E-state index in [1.165, 1.54) is 25.7 Å². The van der Waals surface area contributed by atoms with E-state index in [0.29, 0.717) is 11.3 Å². The van der Waals surface area contributed by atoms with Crippen molar-refractivity contribution in [2.45, 2.75) is 51.7 Å². The summed E-state index contributed by atoms with van der Waals surface area (Å²) in [6.45, 7) is 6.67. The molecule has 0 aliphatic carbocycles. The second kappa shape index (κ2) is 6.75. The Morgan fingerprint density at radius 2 is 1.95 bits per heavy atom. The van der Waals surface area contributed by atoms with Gasteiger partial charge in [-0.05, 0) is 23.4 Å². The number of hydrogen-bond acceptors (Lipinski definition) is 2. The summed E-state index contributed by atoms with van der Waals surface area (Å²) in [4.78, 5) is 11.3. The van der Waals surface area contributed by atoms with Crippen molar-refractivity contribution in [3.63, 3.8) is 0 Å². The van der Waals surface area contributed by atoms with Crippen molar-refractivity contribution >= 4 is 24.9 Å². The Morgan fingerprint density at radius 1 is 1.26 bits per heavy atom. The first-order chi connectivity index (χ1) is 8.88. The Kier molecular flexibility index (Phi) is 5.60. The van der Waals surface area contributed by atoms with Crippen LogP contribution >= 0.6 is 0 Å². The molecule has 19 heavy (non-hydrogen) atoms. The smallest absolute Gasteiger partial charge is 0.335 e. The number of carboxylic acid groups (broad SMARTS) is 1. The number of carbonyl (C=O) groups is 1. The highest BCUT2D eigenvalue weighted by Crippen LogP contribution is 2.19. The van der Waals surface area contributed by atoms with Crippen LogP contribution in [0.15, 0.2) is 18.2 Å². The normalized spacial score (nSPS) is 11.5. The Morgan fingerprint density at radius 3 is 2.53 bits per heavy atom. The van der Waals surface area contributed by atoms with Gasteiger partial charge >= 0.3 is 5.97 Å². The molecule has 106 valence electrons. The van der Waals surface area contributed by atoms with Gasteiger partial charge in [0.2, 0.25) is 0 Å². The van der Waals surface area contributed by atoms with Crippen molar-refractivity contribution < 1.29 is 9.90 Å². The molecule has 3 N–H and O–H groups in total. The number of rotatable bonds is 7. The molecule has 0 unspecified atom stereocenters. The topological polar surface area (TPSA) is 63.3 Å². The van der Waals surface area contributed by atoms with Crippen molar-refractivity contribution in [2.24, 2.45) is 0 Å². The fourth-order valence-corrected chi connectivity index (χ4v) is 5.32. The van der Waals surface area contributed by atoms with Crippen LogP contribution in [0.3, 0.4) is 0 Å². The van der Waals surface area contributed by atoms with Gasteiger partial charge in [-0.25, -0.2) is 4.79 Å². The van der Waals surface area contributed by atoms with Crippen molar-refractivity contribution in [3.8, 4) is 0 Å². The van der Waals surface area contributed by atoms with Gasteiger partial charge in [-0.15, -0.1) is 0 Å². The number of unbranched alkanes of at least 4 members (excludes halogenated alkanes) is 3. The number of aromatic carboxylic acids is 1. The molecule has 0 radical (unpaired) electrons. The summed E-state index contributed by atoms with van der Waals surface area (Å²) in [6.07, 6.45) is 4.90. The van der Waals surface area contributed by atoms with Crippen LogP contribution in [-0.4, -0.2) is 19.1 Å². The van der Waals surface area contributed by atoms with E-state index in [9.17, 15) is 9.90 Å². The lowest BCUT2D eigenvalue weighted by atomic mass is 10.2. The Hall–Kier alpha value is -1.29. The number of carboxylic acids is 1. The van der Waals surface area contributed by atoms with Crippen LogP contribution in [0.1, 0.15) is 43.0 Å². The molecule has 0 saturated carbocycles. The number of nitrogens with two attached hydrogens (primary N) is 1. The highest BCUT2D eigenvalue weighted by molar-refractivity contribution is 6.90. The third-order valence-corrected chi connectivity index (χ3v) is 7.13.